The molecule has 1 N–H and O–H groups in total. The van der Waals surface area contributed by atoms with Crippen molar-refractivity contribution < 1.29 is 36.9 Å². The Bertz CT molecular complexity index is 456. The van der Waals surface area contributed by atoms with Crippen molar-refractivity contribution >= 4 is 21.9 Å². The fourth-order valence-corrected chi connectivity index (χ4v) is 2.63. The molecule has 0 aromatic carbocycles. The fourth-order valence-electron chi connectivity index (χ4n) is 2.06. The number of hydrogen-bond donors (Lipinski definition) is 1. The van der Waals surface area contributed by atoms with E-state index < -0.39 is 33.7 Å². The van der Waals surface area contributed by atoms with Crippen molar-refractivity contribution in [3.63, 3.8) is 0 Å². The Morgan fingerprint density at radius 3 is 2.19 bits per heavy atom. The van der Waals surface area contributed by atoms with Crippen LogP contribution in [0.3, 0.4) is 0 Å². The second-order valence-electron chi connectivity index (χ2n) is 4.95. The van der Waals surface area contributed by atoms with Crippen LogP contribution in [0.4, 0.5) is 0 Å². The van der Waals surface area contributed by atoms with Gasteiger partial charge in [-0.25, -0.2) is 13.2 Å². The van der Waals surface area contributed by atoms with Gasteiger partial charge >= 0.3 is 5.97 Å². The van der Waals surface area contributed by atoms with E-state index in [9.17, 15) is 27.7 Å². The number of carbonyl (C=O) groups is 2. The first-order valence-corrected chi connectivity index (χ1v) is 8.27. The SMILES string of the molecule is CC[N+](CC)(CCOC(=O)C(C)=O)CC(O)CS(=O)(=O)[O-]. The Morgan fingerprint density at radius 1 is 1.29 bits per heavy atom. The standard InChI is InChI=1S/C12H23NO7S/c1-4-13(5-2,6-7-20-12(16)10(3)14)8-11(15)9-21(17,18)19/h11,15H,4-9H2,1-3H3. The second kappa shape index (κ2) is 8.42. The van der Waals surface area contributed by atoms with Crippen LogP contribution in [-0.4, -0.2) is 79.0 Å². The van der Waals surface area contributed by atoms with Gasteiger partial charge in [0.2, 0.25) is 5.78 Å². The van der Waals surface area contributed by atoms with Gasteiger partial charge in [-0.15, -0.1) is 0 Å². The van der Waals surface area contributed by atoms with E-state index in [2.05, 4.69) is 0 Å². The van der Waals surface area contributed by atoms with Crippen molar-refractivity contribution in [3.05, 3.63) is 0 Å². The first kappa shape index (κ1) is 20.0. The van der Waals surface area contributed by atoms with Gasteiger partial charge in [0.15, 0.2) is 0 Å². The predicted octanol–water partition coefficient (Wildman–Crippen LogP) is -1.12. The van der Waals surface area contributed by atoms with Crippen molar-refractivity contribution in [1.29, 1.82) is 0 Å². The van der Waals surface area contributed by atoms with Crippen LogP contribution >= 0.6 is 0 Å². The minimum absolute atomic E-state index is 0.0169. The van der Waals surface area contributed by atoms with Crippen molar-refractivity contribution in [2.45, 2.75) is 26.9 Å². The van der Waals surface area contributed by atoms with Gasteiger partial charge in [0.1, 0.15) is 25.8 Å². The van der Waals surface area contributed by atoms with Crippen LogP contribution in [0.25, 0.3) is 0 Å². The number of aliphatic hydroxyl groups is 1. The minimum Gasteiger partial charge on any atom is -0.748 e. The molecule has 0 bridgehead atoms. The highest BCUT2D eigenvalue weighted by Gasteiger charge is 2.28. The van der Waals surface area contributed by atoms with Crippen LogP contribution in [0.15, 0.2) is 0 Å². The van der Waals surface area contributed by atoms with Gasteiger partial charge < -0.3 is 18.9 Å². The zero-order valence-corrected chi connectivity index (χ0v) is 13.4. The molecular formula is C12H23NO7S. The molecule has 0 aliphatic rings. The van der Waals surface area contributed by atoms with Crippen LogP contribution in [0.1, 0.15) is 20.8 Å². The lowest BCUT2D eigenvalue weighted by molar-refractivity contribution is -0.927. The molecule has 0 aromatic rings. The Morgan fingerprint density at radius 2 is 1.81 bits per heavy atom. The molecular weight excluding hydrogens is 302 g/mol. The summed E-state index contributed by atoms with van der Waals surface area (Å²) in [5.41, 5.74) is 0. The van der Waals surface area contributed by atoms with Crippen LogP contribution < -0.4 is 0 Å². The molecule has 1 unspecified atom stereocenters. The van der Waals surface area contributed by atoms with E-state index in [0.717, 1.165) is 6.92 Å². The monoisotopic (exact) mass is 325 g/mol. The fraction of sp³-hybridized carbons (Fsp3) is 0.833. The van der Waals surface area contributed by atoms with Gasteiger partial charge in [-0.2, -0.15) is 0 Å². The predicted molar refractivity (Wildman–Crippen MR) is 73.3 cm³/mol. The highest BCUT2D eigenvalue weighted by Crippen LogP contribution is 2.09. The average molecular weight is 325 g/mol. The zero-order valence-electron chi connectivity index (χ0n) is 12.6. The molecule has 1 atom stereocenters. The van der Waals surface area contributed by atoms with Crippen molar-refractivity contribution in [1.82, 2.24) is 0 Å². The van der Waals surface area contributed by atoms with Crippen molar-refractivity contribution in [2.24, 2.45) is 0 Å². The highest BCUT2D eigenvalue weighted by molar-refractivity contribution is 7.85. The maximum Gasteiger partial charge on any atom is 0.374 e. The van der Waals surface area contributed by atoms with E-state index in [4.69, 9.17) is 4.74 Å². The van der Waals surface area contributed by atoms with E-state index >= 15 is 0 Å². The minimum atomic E-state index is -4.50. The summed E-state index contributed by atoms with van der Waals surface area (Å²) in [6, 6.07) is 0. The average Bonchev–Trinajstić information content (AvgIpc) is 2.34. The highest BCUT2D eigenvalue weighted by atomic mass is 32.2. The number of carbonyl (C=O) groups excluding carboxylic acids is 2. The Balaban J connectivity index is 4.62. The van der Waals surface area contributed by atoms with Crippen LogP contribution in [0.2, 0.25) is 0 Å². The van der Waals surface area contributed by atoms with Crippen LogP contribution in [-0.2, 0) is 24.4 Å². The number of esters is 1. The number of ether oxygens (including phenoxy) is 1. The Kier molecular flexibility index (Phi) is 8.01. The van der Waals surface area contributed by atoms with E-state index in [1.54, 1.807) is 0 Å². The topological polar surface area (TPSA) is 121 Å². The van der Waals surface area contributed by atoms with E-state index in [-0.39, 0.29) is 17.6 Å². The maximum absolute atomic E-state index is 11.1. The van der Waals surface area contributed by atoms with Crippen LogP contribution in [0.5, 0.6) is 0 Å². The summed E-state index contributed by atoms with van der Waals surface area (Å²) >= 11 is 0. The number of quaternary nitrogens is 1. The van der Waals surface area contributed by atoms with Gasteiger partial charge in [0.25, 0.3) is 0 Å². The number of rotatable bonds is 10. The number of Topliss-reactive ketones (excluding diaryl/α,β-unsaturated/α-hetero) is 1. The van der Waals surface area contributed by atoms with E-state index in [1.807, 2.05) is 13.8 Å². The molecule has 8 nitrogen and oxygen atoms in total. The number of nitrogens with zero attached hydrogens (tertiary/aromatic N) is 1. The number of ketones is 1. The molecule has 9 heteroatoms. The summed E-state index contributed by atoms with van der Waals surface area (Å²) in [6.07, 6.45) is -1.28. The lowest BCUT2D eigenvalue weighted by Gasteiger charge is -2.38. The third-order valence-corrected chi connectivity index (χ3v) is 4.22. The molecule has 0 heterocycles. The van der Waals surface area contributed by atoms with Gasteiger partial charge in [-0.3, -0.25) is 4.79 Å². The summed E-state index contributed by atoms with van der Waals surface area (Å²) < 4.78 is 37.0. The van der Waals surface area contributed by atoms with Gasteiger partial charge in [-0.05, 0) is 13.8 Å². The summed E-state index contributed by atoms with van der Waals surface area (Å²) in [5, 5.41) is 9.72. The van der Waals surface area contributed by atoms with Crippen molar-refractivity contribution in [2.75, 3.05) is 38.5 Å². The largest absolute Gasteiger partial charge is 0.748 e. The van der Waals surface area contributed by atoms with Crippen molar-refractivity contribution in [3.8, 4) is 0 Å². The van der Waals surface area contributed by atoms with E-state index in [1.165, 1.54) is 0 Å². The molecule has 0 spiro atoms. The lowest BCUT2D eigenvalue weighted by atomic mass is 10.2. The quantitative estimate of drug-likeness (QED) is 0.234. The third-order valence-electron chi connectivity index (χ3n) is 3.42. The van der Waals surface area contributed by atoms with Gasteiger partial charge in [0, 0.05) is 6.92 Å². The molecule has 0 saturated carbocycles. The van der Waals surface area contributed by atoms with Crippen LogP contribution in [0, 0.1) is 0 Å². The first-order valence-electron chi connectivity index (χ1n) is 6.69. The summed E-state index contributed by atoms with van der Waals surface area (Å²) in [6.45, 7) is 6.27. The normalized spacial score (nSPS) is 13.8. The lowest BCUT2D eigenvalue weighted by Crippen LogP contribution is -2.54. The molecule has 124 valence electrons. The Hall–Kier alpha value is -1.03. The zero-order chi connectivity index (χ0) is 16.7. The molecule has 0 aliphatic carbocycles. The number of hydrogen-bond acceptors (Lipinski definition) is 7. The first-order chi connectivity index (χ1) is 9.55. The molecule has 0 saturated heterocycles. The smallest absolute Gasteiger partial charge is 0.374 e. The molecule has 0 aliphatic heterocycles. The number of likely N-dealkylation sites (N-methyl/N-ethyl adjacent to an activating group) is 1. The molecule has 0 amide bonds. The van der Waals surface area contributed by atoms with E-state index in [0.29, 0.717) is 19.6 Å². The second-order valence-corrected chi connectivity index (χ2v) is 6.40. The molecule has 0 radical (unpaired) electrons. The molecule has 0 rings (SSSR count). The summed E-state index contributed by atoms with van der Waals surface area (Å²) in [7, 11) is -4.50. The van der Waals surface area contributed by atoms with Gasteiger partial charge in [-0.1, -0.05) is 0 Å². The summed E-state index contributed by atoms with van der Waals surface area (Å²) in [4.78, 5) is 21.8. The third kappa shape index (κ3) is 8.10. The summed E-state index contributed by atoms with van der Waals surface area (Å²) in [5.74, 6) is -2.47. The molecule has 0 aromatic heterocycles. The Labute approximate surface area is 125 Å². The molecule has 21 heavy (non-hydrogen) atoms. The maximum atomic E-state index is 11.1. The number of aliphatic hydroxyl groups excluding tert-OH is 1. The van der Waals surface area contributed by atoms with Gasteiger partial charge in [0.05, 0.1) is 29.0 Å². The molecule has 0 fully saturated rings.